The summed E-state index contributed by atoms with van der Waals surface area (Å²) in [5.41, 5.74) is 1.50. The number of para-hydroxylation sites is 1. The first-order chi connectivity index (χ1) is 12.6. The number of aromatic nitrogens is 1. The first-order valence-electron chi connectivity index (χ1n) is 8.48. The van der Waals surface area contributed by atoms with E-state index in [1.54, 1.807) is 30.5 Å². The van der Waals surface area contributed by atoms with E-state index in [0.717, 1.165) is 21.8 Å². The molecular weight excluding hydrogens is 396 g/mol. The molecule has 1 atom stereocenters. The van der Waals surface area contributed by atoms with Crippen LogP contribution in [-0.2, 0) is 0 Å². The van der Waals surface area contributed by atoms with Crippen molar-refractivity contribution < 1.29 is 14.3 Å². The van der Waals surface area contributed by atoms with Crippen LogP contribution in [-0.4, -0.2) is 34.3 Å². The van der Waals surface area contributed by atoms with Gasteiger partial charge in [-0.2, -0.15) is 0 Å². The van der Waals surface area contributed by atoms with Crippen molar-refractivity contribution in [1.29, 1.82) is 0 Å². The van der Waals surface area contributed by atoms with Gasteiger partial charge in [0.05, 0.1) is 6.04 Å². The number of rotatable bonds is 3. The minimum absolute atomic E-state index is 0.0585. The van der Waals surface area contributed by atoms with E-state index in [-0.39, 0.29) is 5.78 Å². The van der Waals surface area contributed by atoms with E-state index in [1.165, 1.54) is 4.90 Å². The summed E-state index contributed by atoms with van der Waals surface area (Å²) in [6.07, 6.45) is 2.67. The van der Waals surface area contributed by atoms with Gasteiger partial charge in [-0.1, -0.05) is 34.1 Å². The fourth-order valence-corrected chi connectivity index (χ4v) is 3.74. The molecule has 1 fully saturated rings. The lowest BCUT2D eigenvalue weighted by Gasteiger charge is -2.22. The molecule has 0 spiro atoms. The van der Waals surface area contributed by atoms with E-state index in [0.29, 0.717) is 24.3 Å². The van der Waals surface area contributed by atoms with Gasteiger partial charge in [0.15, 0.2) is 5.78 Å². The minimum Gasteiger partial charge on any atom is -0.410 e. The Bertz CT molecular complexity index is 968. The smallest absolute Gasteiger partial charge is 0.410 e. The van der Waals surface area contributed by atoms with Gasteiger partial charge in [-0.3, -0.25) is 9.69 Å². The molecule has 0 unspecified atom stereocenters. The molecule has 1 amide bonds. The van der Waals surface area contributed by atoms with E-state index in [2.05, 4.69) is 20.9 Å². The van der Waals surface area contributed by atoms with E-state index in [1.807, 2.05) is 24.3 Å². The van der Waals surface area contributed by atoms with Crippen LogP contribution in [0.1, 0.15) is 23.2 Å². The number of benzene rings is 2. The zero-order valence-corrected chi connectivity index (χ0v) is 15.5. The van der Waals surface area contributed by atoms with Gasteiger partial charge < -0.3 is 9.72 Å². The van der Waals surface area contributed by atoms with E-state index in [4.69, 9.17) is 4.74 Å². The third kappa shape index (κ3) is 3.12. The van der Waals surface area contributed by atoms with Crippen molar-refractivity contribution in [2.24, 2.45) is 0 Å². The van der Waals surface area contributed by atoms with Crippen molar-refractivity contribution in [3.63, 3.8) is 0 Å². The van der Waals surface area contributed by atoms with Crippen molar-refractivity contribution in [2.75, 3.05) is 6.54 Å². The molecule has 5 nitrogen and oxygen atoms in total. The van der Waals surface area contributed by atoms with Crippen LogP contribution in [0.2, 0.25) is 0 Å². The van der Waals surface area contributed by atoms with Crippen LogP contribution in [0.4, 0.5) is 4.79 Å². The van der Waals surface area contributed by atoms with Gasteiger partial charge in [-0.15, -0.1) is 0 Å². The first-order valence-corrected chi connectivity index (χ1v) is 9.27. The highest BCUT2D eigenvalue weighted by Gasteiger charge is 2.36. The fourth-order valence-electron chi connectivity index (χ4n) is 3.38. The number of ether oxygens (including phenoxy) is 1. The zero-order chi connectivity index (χ0) is 18.1. The maximum absolute atomic E-state index is 13.1. The van der Waals surface area contributed by atoms with Gasteiger partial charge in [0.1, 0.15) is 5.75 Å². The van der Waals surface area contributed by atoms with Crippen LogP contribution < -0.4 is 4.74 Å². The molecule has 1 aliphatic heterocycles. The lowest BCUT2D eigenvalue weighted by Crippen LogP contribution is -2.42. The molecule has 132 valence electrons. The second-order valence-electron chi connectivity index (χ2n) is 6.29. The SMILES string of the molecule is O=C(c1c[nH]c2ccc(Br)cc12)[C@H]1CCCN1C(=O)Oc1ccccc1. The number of fused-ring (bicyclic) bond motifs is 1. The number of likely N-dealkylation sites (tertiary alicyclic amines) is 1. The number of halogens is 1. The highest BCUT2D eigenvalue weighted by Crippen LogP contribution is 2.28. The van der Waals surface area contributed by atoms with Crippen molar-refractivity contribution in [2.45, 2.75) is 18.9 Å². The Hall–Kier alpha value is -2.60. The Kier molecular flexibility index (Phi) is 4.51. The summed E-state index contributed by atoms with van der Waals surface area (Å²) in [5, 5.41) is 0.854. The Morgan fingerprint density at radius 2 is 1.96 bits per heavy atom. The van der Waals surface area contributed by atoms with E-state index in [9.17, 15) is 9.59 Å². The second-order valence-corrected chi connectivity index (χ2v) is 7.20. The average molecular weight is 413 g/mol. The average Bonchev–Trinajstić information content (AvgIpc) is 3.29. The molecule has 2 aromatic carbocycles. The first kappa shape index (κ1) is 16.8. The lowest BCUT2D eigenvalue weighted by molar-refractivity contribution is 0.0856. The molecule has 1 saturated heterocycles. The summed E-state index contributed by atoms with van der Waals surface area (Å²) in [7, 11) is 0. The van der Waals surface area contributed by atoms with E-state index >= 15 is 0 Å². The summed E-state index contributed by atoms with van der Waals surface area (Å²) < 4.78 is 6.33. The molecule has 4 rings (SSSR count). The molecule has 1 aliphatic rings. The molecule has 26 heavy (non-hydrogen) atoms. The van der Waals surface area contributed by atoms with Crippen molar-refractivity contribution in [3.05, 3.63) is 64.8 Å². The monoisotopic (exact) mass is 412 g/mol. The largest absolute Gasteiger partial charge is 0.415 e. The zero-order valence-electron chi connectivity index (χ0n) is 13.9. The standard InChI is InChI=1S/C20H17BrN2O3/c21-13-8-9-17-15(11-13)16(12-22-17)19(24)18-7-4-10-23(18)20(25)26-14-5-2-1-3-6-14/h1-3,5-6,8-9,11-12,18,22H,4,7,10H2/t18-/m1/s1. The maximum Gasteiger partial charge on any atom is 0.415 e. The van der Waals surface area contributed by atoms with Gasteiger partial charge in [-0.05, 0) is 43.2 Å². The van der Waals surface area contributed by atoms with Crippen molar-refractivity contribution >= 4 is 38.7 Å². The van der Waals surface area contributed by atoms with Crippen molar-refractivity contribution in [3.8, 4) is 5.75 Å². The van der Waals surface area contributed by atoms with Crippen LogP contribution in [0.25, 0.3) is 10.9 Å². The molecule has 1 aromatic heterocycles. The normalized spacial score (nSPS) is 16.8. The van der Waals surface area contributed by atoms with Crippen LogP contribution in [0, 0.1) is 0 Å². The van der Waals surface area contributed by atoms with E-state index < -0.39 is 12.1 Å². The predicted octanol–water partition coefficient (Wildman–Crippen LogP) is 4.78. The predicted molar refractivity (Wildman–Crippen MR) is 103 cm³/mol. The summed E-state index contributed by atoms with van der Waals surface area (Å²) >= 11 is 3.45. The molecule has 3 aromatic rings. The maximum atomic E-state index is 13.1. The number of hydrogen-bond donors (Lipinski definition) is 1. The van der Waals surface area contributed by atoms with Gasteiger partial charge in [0, 0.05) is 33.7 Å². The Labute approximate surface area is 159 Å². The molecule has 0 bridgehead atoms. The molecule has 0 saturated carbocycles. The number of H-pyrrole nitrogens is 1. The molecule has 0 radical (unpaired) electrons. The Morgan fingerprint density at radius 1 is 1.15 bits per heavy atom. The summed E-state index contributed by atoms with van der Waals surface area (Å²) in [6, 6.07) is 14.2. The highest BCUT2D eigenvalue weighted by molar-refractivity contribution is 9.10. The molecule has 6 heteroatoms. The number of ketones is 1. The molecule has 0 aliphatic carbocycles. The number of aromatic amines is 1. The fraction of sp³-hybridized carbons (Fsp3) is 0.200. The second kappa shape index (κ2) is 6.96. The van der Waals surface area contributed by atoms with Gasteiger partial charge >= 0.3 is 6.09 Å². The summed E-state index contributed by atoms with van der Waals surface area (Å²) in [4.78, 5) is 30.3. The quantitative estimate of drug-likeness (QED) is 0.629. The number of carbonyl (C=O) groups excluding carboxylic acids is 2. The highest BCUT2D eigenvalue weighted by atomic mass is 79.9. The van der Waals surface area contributed by atoms with Crippen LogP contribution in [0.3, 0.4) is 0 Å². The third-order valence-corrected chi connectivity index (χ3v) is 5.14. The van der Waals surface area contributed by atoms with Crippen molar-refractivity contribution in [1.82, 2.24) is 9.88 Å². The third-order valence-electron chi connectivity index (χ3n) is 4.65. The van der Waals surface area contributed by atoms with Crippen LogP contribution in [0.15, 0.2) is 59.2 Å². The lowest BCUT2D eigenvalue weighted by atomic mass is 10.0. The molecule has 2 heterocycles. The number of carbonyl (C=O) groups is 2. The minimum atomic E-state index is -0.496. The number of amides is 1. The number of hydrogen-bond acceptors (Lipinski definition) is 3. The number of Topliss-reactive ketones (excluding diaryl/α,β-unsaturated/α-hetero) is 1. The van der Waals surface area contributed by atoms with Gasteiger partial charge in [0.25, 0.3) is 0 Å². The molecule has 1 N–H and O–H groups in total. The Morgan fingerprint density at radius 3 is 2.77 bits per heavy atom. The Balaban J connectivity index is 1.58. The number of nitrogens with one attached hydrogen (secondary N) is 1. The molecular formula is C20H17BrN2O3. The summed E-state index contributed by atoms with van der Waals surface area (Å²) in [5.74, 6) is 0.420. The van der Waals surface area contributed by atoms with Crippen LogP contribution >= 0.6 is 15.9 Å². The summed E-state index contributed by atoms with van der Waals surface area (Å²) in [6.45, 7) is 0.522. The van der Waals surface area contributed by atoms with Gasteiger partial charge in [0.2, 0.25) is 0 Å². The van der Waals surface area contributed by atoms with Gasteiger partial charge in [-0.25, -0.2) is 4.79 Å². The number of nitrogens with zero attached hydrogens (tertiary/aromatic N) is 1. The van der Waals surface area contributed by atoms with Crippen LogP contribution in [0.5, 0.6) is 5.75 Å². The topological polar surface area (TPSA) is 62.4 Å².